The predicted molar refractivity (Wildman–Crippen MR) is 91.2 cm³/mol. The largest absolute Gasteiger partial charge is 0.330 e. The van der Waals surface area contributed by atoms with Crippen molar-refractivity contribution >= 4 is 38.4 Å². The number of aryl methyl sites for hydroxylation is 1. The Kier molecular flexibility index (Phi) is 7.13. The van der Waals surface area contributed by atoms with Gasteiger partial charge in [-0.05, 0) is 65.9 Å². The van der Waals surface area contributed by atoms with Crippen LogP contribution < -0.4 is 10.5 Å². The van der Waals surface area contributed by atoms with Crippen LogP contribution in [0.15, 0.2) is 27.6 Å². The molecule has 1 fully saturated rings. The van der Waals surface area contributed by atoms with Crippen LogP contribution in [-0.2, 0) is 10.0 Å². The molecule has 2 unspecified atom stereocenters. The van der Waals surface area contributed by atoms with Gasteiger partial charge in [-0.3, -0.25) is 0 Å². The van der Waals surface area contributed by atoms with E-state index in [9.17, 15) is 8.42 Å². The first-order valence-corrected chi connectivity index (χ1v) is 9.20. The van der Waals surface area contributed by atoms with Crippen LogP contribution in [0.25, 0.3) is 0 Å². The first-order valence-electron chi connectivity index (χ1n) is 6.92. The summed E-state index contributed by atoms with van der Waals surface area (Å²) in [5, 5.41) is 0. The van der Waals surface area contributed by atoms with Crippen molar-refractivity contribution in [3.05, 3.63) is 28.2 Å². The Balaban J connectivity index is 0.00000220. The maximum absolute atomic E-state index is 12.6. The van der Waals surface area contributed by atoms with Crippen molar-refractivity contribution in [2.75, 3.05) is 6.54 Å². The molecular formula is C14H22BrClN2O2S. The standard InChI is InChI=1S/C14H21BrN2O2S.ClH/c1-10-6-7-12(15)14(8-10)20(18,19)17-13-5-3-2-4-11(13)9-16;/h6-8,11,13,17H,2-5,9,16H2,1H3;1H. The Bertz CT molecular complexity index is 580. The Labute approximate surface area is 141 Å². The molecule has 0 aliphatic heterocycles. The molecule has 1 aliphatic carbocycles. The molecule has 120 valence electrons. The predicted octanol–water partition coefficient (Wildman–Crippen LogP) is 2.98. The molecule has 7 heteroatoms. The van der Waals surface area contributed by atoms with E-state index < -0.39 is 10.0 Å². The van der Waals surface area contributed by atoms with Gasteiger partial charge in [-0.2, -0.15) is 0 Å². The lowest BCUT2D eigenvalue weighted by Gasteiger charge is -2.31. The van der Waals surface area contributed by atoms with Gasteiger partial charge in [0.05, 0.1) is 4.90 Å². The van der Waals surface area contributed by atoms with Crippen LogP contribution in [0.1, 0.15) is 31.2 Å². The molecule has 0 radical (unpaired) electrons. The second-order valence-corrected chi connectivity index (χ2v) is 7.98. The van der Waals surface area contributed by atoms with Gasteiger partial charge >= 0.3 is 0 Å². The second kappa shape index (κ2) is 7.92. The monoisotopic (exact) mass is 396 g/mol. The van der Waals surface area contributed by atoms with Gasteiger partial charge < -0.3 is 5.73 Å². The summed E-state index contributed by atoms with van der Waals surface area (Å²) in [5.74, 6) is 0.238. The SMILES string of the molecule is Cc1ccc(Br)c(S(=O)(=O)NC2CCCCC2CN)c1.Cl. The van der Waals surface area contributed by atoms with Crippen LogP contribution in [0.3, 0.4) is 0 Å². The minimum Gasteiger partial charge on any atom is -0.330 e. The zero-order valence-corrected chi connectivity index (χ0v) is 15.2. The highest BCUT2D eigenvalue weighted by Crippen LogP contribution is 2.27. The summed E-state index contributed by atoms with van der Waals surface area (Å²) < 4.78 is 28.5. The zero-order valence-electron chi connectivity index (χ0n) is 12.0. The summed E-state index contributed by atoms with van der Waals surface area (Å²) in [6.45, 7) is 2.41. The molecule has 2 atom stereocenters. The average molecular weight is 398 g/mol. The normalized spacial score (nSPS) is 22.6. The summed E-state index contributed by atoms with van der Waals surface area (Å²) in [7, 11) is -3.51. The third-order valence-electron chi connectivity index (χ3n) is 3.89. The van der Waals surface area contributed by atoms with E-state index in [1.54, 1.807) is 12.1 Å². The van der Waals surface area contributed by atoms with Crippen LogP contribution >= 0.6 is 28.3 Å². The molecule has 4 nitrogen and oxygen atoms in total. The molecule has 1 aromatic rings. The molecule has 0 heterocycles. The van der Waals surface area contributed by atoms with Crippen LogP contribution in [0.5, 0.6) is 0 Å². The number of nitrogens with two attached hydrogens (primary N) is 1. The maximum atomic E-state index is 12.6. The molecule has 1 aliphatic rings. The average Bonchev–Trinajstić information content (AvgIpc) is 2.41. The van der Waals surface area contributed by atoms with Crippen molar-refractivity contribution < 1.29 is 8.42 Å². The molecule has 0 spiro atoms. The molecule has 0 bridgehead atoms. The molecule has 21 heavy (non-hydrogen) atoms. The van der Waals surface area contributed by atoms with Gasteiger partial charge in [0, 0.05) is 10.5 Å². The Morgan fingerprint density at radius 3 is 2.67 bits per heavy atom. The van der Waals surface area contributed by atoms with Crippen molar-refractivity contribution in [2.45, 2.75) is 43.5 Å². The van der Waals surface area contributed by atoms with Gasteiger partial charge in [0.2, 0.25) is 10.0 Å². The lowest BCUT2D eigenvalue weighted by molar-refractivity contribution is 0.296. The third-order valence-corrected chi connectivity index (χ3v) is 6.38. The number of benzene rings is 1. The van der Waals surface area contributed by atoms with Gasteiger partial charge in [0.25, 0.3) is 0 Å². The summed E-state index contributed by atoms with van der Waals surface area (Å²) in [6.07, 6.45) is 4.05. The van der Waals surface area contributed by atoms with Crippen molar-refractivity contribution in [1.29, 1.82) is 0 Å². The lowest BCUT2D eigenvalue weighted by Crippen LogP contribution is -2.44. The fourth-order valence-corrected chi connectivity index (χ4v) is 5.11. The van der Waals surface area contributed by atoms with Crippen LogP contribution in [0.2, 0.25) is 0 Å². The highest BCUT2D eigenvalue weighted by atomic mass is 79.9. The fourth-order valence-electron chi connectivity index (χ4n) is 2.72. The highest BCUT2D eigenvalue weighted by molar-refractivity contribution is 9.10. The van der Waals surface area contributed by atoms with E-state index in [1.165, 1.54) is 0 Å². The summed E-state index contributed by atoms with van der Waals surface area (Å²) in [5.41, 5.74) is 6.68. The Morgan fingerprint density at radius 2 is 2.00 bits per heavy atom. The van der Waals surface area contributed by atoms with Crippen molar-refractivity contribution in [3.63, 3.8) is 0 Å². The van der Waals surface area contributed by atoms with Gasteiger partial charge in [-0.15, -0.1) is 12.4 Å². The van der Waals surface area contributed by atoms with E-state index in [0.29, 0.717) is 15.9 Å². The van der Waals surface area contributed by atoms with Gasteiger partial charge in [0.1, 0.15) is 0 Å². The molecule has 1 saturated carbocycles. The minimum absolute atomic E-state index is 0. The quantitative estimate of drug-likeness (QED) is 0.820. The number of halogens is 2. The number of sulfonamides is 1. The van der Waals surface area contributed by atoms with Crippen LogP contribution in [-0.4, -0.2) is 21.0 Å². The lowest BCUT2D eigenvalue weighted by atomic mass is 9.85. The number of hydrogen-bond donors (Lipinski definition) is 2. The molecular weight excluding hydrogens is 376 g/mol. The van der Waals surface area contributed by atoms with Crippen LogP contribution in [0, 0.1) is 12.8 Å². The van der Waals surface area contributed by atoms with E-state index in [0.717, 1.165) is 31.2 Å². The number of hydrogen-bond acceptors (Lipinski definition) is 3. The Morgan fingerprint density at radius 1 is 1.33 bits per heavy atom. The van der Waals surface area contributed by atoms with Crippen molar-refractivity contribution in [2.24, 2.45) is 11.7 Å². The molecule has 0 saturated heterocycles. The van der Waals surface area contributed by atoms with Gasteiger partial charge in [-0.1, -0.05) is 18.9 Å². The van der Waals surface area contributed by atoms with Gasteiger partial charge in [-0.25, -0.2) is 13.1 Å². The first-order chi connectivity index (χ1) is 9.44. The molecule has 0 amide bonds. The highest BCUT2D eigenvalue weighted by Gasteiger charge is 2.29. The zero-order chi connectivity index (χ0) is 14.8. The first kappa shape index (κ1) is 18.9. The molecule has 2 rings (SSSR count). The maximum Gasteiger partial charge on any atom is 0.241 e. The van der Waals surface area contributed by atoms with Crippen molar-refractivity contribution in [3.8, 4) is 0 Å². The molecule has 0 aromatic heterocycles. The Hall–Kier alpha value is -0.140. The van der Waals surface area contributed by atoms with E-state index in [2.05, 4.69) is 20.7 Å². The minimum atomic E-state index is -3.51. The summed E-state index contributed by atoms with van der Waals surface area (Å²) in [4.78, 5) is 0.304. The summed E-state index contributed by atoms with van der Waals surface area (Å²) >= 11 is 3.32. The van der Waals surface area contributed by atoms with Crippen molar-refractivity contribution in [1.82, 2.24) is 4.72 Å². The van der Waals surface area contributed by atoms with E-state index in [-0.39, 0.29) is 24.4 Å². The van der Waals surface area contributed by atoms with E-state index in [1.807, 2.05) is 13.0 Å². The topological polar surface area (TPSA) is 72.2 Å². The number of nitrogens with one attached hydrogen (secondary N) is 1. The molecule has 3 N–H and O–H groups in total. The van der Waals surface area contributed by atoms with Gasteiger partial charge in [0.15, 0.2) is 0 Å². The number of rotatable bonds is 4. The fraction of sp³-hybridized carbons (Fsp3) is 0.571. The van der Waals surface area contributed by atoms with E-state index in [4.69, 9.17) is 5.73 Å². The smallest absolute Gasteiger partial charge is 0.241 e. The molecule has 1 aromatic carbocycles. The third kappa shape index (κ3) is 4.66. The second-order valence-electron chi connectivity index (χ2n) is 5.44. The van der Waals surface area contributed by atoms with Crippen LogP contribution in [0.4, 0.5) is 0 Å². The van der Waals surface area contributed by atoms with E-state index >= 15 is 0 Å². The summed E-state index contributed by atoms with van der Waals surface area (Å²) in [6, 6.07) is 5.29.